The highest BCUT2D eigenvalue weighted by Gasteiger charge is 2.09. The third-order valence-electron chi connectivity index (χ3n) is 2.71. The van der Waals surface area contributed by atoms with Crippen LogP contribution in [0.5, 0.6) is 17.2 Å². The molecule has 0 spiro atoms. The van der Waals surface area contributed by atoms with Gasteiger partial charge in [-0.2, -0.15) is 0 Å². The van der Waals surface area contributed by atoms with Gasteiger partial charge in [-0.05, 0) is 68.7 Å². The van der Waals surface area contributed by atoms with Crippen LogP contribution < -0.4 is 14.8 Å². The predicted molar refractivity (Wildman–Crippen MR) is 87.7 cm³/mol. The Bertz CT molecular complexity index is 602. The summed E-state index contributed by atoms with van der Waals surface area (Å²) in [4.78, 5) is 0. The minimum Gasteiger partial charge on any atom is -0.496 e. The molecule has 0 saturated carbocycles. The number of ether oxygens (including phenoxy) is 2. The molecule has 0 unspecified atom stereocenters. The van der Waals surface area contributed by atoms with Gasteiger partial charge in [0.25, 0.3) is 0 Å². The van der Waals surface area contributed by atoms with Crippen molar-refractivity contribution in [3.63, 3.8) is 0 Å². The highest BCUT2D eigenvalue weighted by atomic mass is 79.9. The fraction of sp³-hybridized carbons (Fsp3) is 0.200. The molecule has 0 radical (unpaired) electrons. The first-order valence-electron chi connectivity index (χ1n) is 6.08. The second-order valence-electron chi connectivity index (χ2n) is 4.20. The highest BCUT2D eigenvalue weighted by molar-refractivity contribution is 9.11. The van der Waals surface area contributed by atoms with Crippen LogP contribution in [0, 0.1) is 0 Å². The number of benzene rings is 2. The molecule has 20 heavy (non-hydrogen) atoms. The van der Waals surface area contributed by atoms with Gasteiger partial charge in [-0.15, -0.1) is 0 Å². The lowest BCUT2D eigenvalue weighted by atomic mass is 10.2. The number of nitrogens with one attached hydrogen (secondary N) is 1. The maximum Gasteiger partial charge on any atom is 0.143 e. The molecular weight excluding hydrogens is 386 g/mol. The second kappa shape index (κ2) is 7.11. The Labute approximate surface area is 135 Å². The van der Waals surface area contributed by atoms with Crippen molar-refractivity contribution >= 4 is 31.9 Å². The first kappa shape index (κ1) is 15.4. The molecule has 2 rings (SSSR count). The Morgan fingerprint density at radius 3 is 2.45 bits per heavy atom. The van der Waals surface area contributed by atoms with E-state index in [1.54, 1.807) is 7.11 Å². The van der Waals surface area contributed by atoms with Crippen molar-refractivity contribution in [2.24, 2.45) is 0 Å². The van der Waals surface area contributed by atoms with Crippen molar-refractivity contribution in [1.82, 2.24) is 5.32 Å². The minimum absolute atomic E-state index is 0.735. The summed E-state index contributed by atoms with van der Waals surface area (Å²) in [6.07, 6.45) is 0. The van der Waals surface area contributed by atoms with Gasteiger partial charge < -0.3 is 14.8 Å². The van der Waals surface area contributed by atoms with E-state index >= 15 is 0 Å². The Hall–Kier alpha value is -1.04. The summed E-state index contributed by atoms with van der Waals surface area (Å²) in [5, 5.41) is 3.12. The molecule has 0 bridgehead atoms. The van der Waals surface area contributed by atoms with Gasteiger partial charge in [0, 0.05) is 6.54 Å². The van der Waals surface area contributed by atoms with E-state index in [0.29, 0.717) is 0 Å². The molecule has 2 aromatic carbocycles. The molecule has 2 aromatic rings. The average molecular weight is 401 g/mol. The minimum atomic E-state index is 0.735. The number of hydrogen-bond acceptors (Lipinski definition) is 3. The summed E-state index contributed by atoms with van der Waals surface area (Å²) < 4.78 is 12.9. The monoisotopic (exact) mass is 399 g/mol. The fourth-order valence-electron chi connectivity index (χ4n) is 1.80. The van der Waals surface area contributed by atoms with Crippen LogP contribution in [-0.2, 0) is 6.54 Å². The summed E-state index contributed by atoms with van der Waals surface area (Å²) in [6.45, 7) is 0.810. The van der Waals surface area contributed by atoms with Crippen LogP contribution >= 0.6 is 31.9 Å². The molecule has 0 aliphatic carbocycles. The number of halogens is 2. The molecule has 0 fully saturated rings. The molecular formula is C15H15Br2NO2. The van der Waals surface area contributed by atoms with Gasteiger partial charge in [-0.25, -0.2) is 0 Å². The maximum absolute atomic E-state index is 5.92. The number of methoxy groups -OCH3 is 1. The quantitative estimate of drug-likeness (QED) is 0.786. The number of rotatable bonds is 5. The zero-order valence-electron chi connectivity index (χ0n) is 11.2. The lowest BCUT2D eigenvalue weighted by Crippen LogP contribution is -2.04. The topological polar surface area (TPSA) is 30.5 Å². The molecule has 106 valence electrons. The molecule has 0 aromatic heterocycles. The maximum atomic E-state index is 5.92. The van der Waals surface area contributed by atoms with Crippen molar-refractivity contribution in [3.05, 3.63) is 50.9 Å². The molecule has 0 aliphatic rings. The zero-order valence-corrected chi connectivity index (χ0v) is 14.4. The van der Waals surface area contributed by atoms with Gasteiger partial charge in [-0.1, -0.05) is 12.1 Å². The van der Waals surface area contributed by atoms with Gasteiger partial charge >= 0.3 is 0 Å². The molecule has 1 N–H and O–H groups in total. The van der Waals surface area contributed by atoms with E-state index in [2.05, 4.69) is 43.2 Å². The summed E-state index contributed by atoms with van der Waals surface area (Å²) in [6, 6.07) is 11.7. The van der Waals surface area contributed by atoms with E-state index in [1.807, 2.05) is 37.4 Å². The van der Waals surface area contributed by atoms with E-state index in [9.17, 15) is 0 Å². The first-order valence-corrected chi connectivity index (χ1v) is 7.67. The van der Waals surface area contributed by atoms with Crippen LogP contribution in [0.2, 0.25) is 0 Å². The van der Waals surface area contributed by atoms with E-state index in [1.165, 1.54) is 5.56 Å². The van der Waals surface area contributed by atoms with E-state index in [-0.39, 0.29) is 0 Å². The van der Waals surface area contributed by atoms with Crippen molar-refractivity contribution < 1.29 is 9.47 Å². The Morgan fingerprint density at radius 1 is 1.05 bits per heavy atom. The van der Waals surface area contributed by atoms with Crippen LogP contribution in [0.3, 0.4) is 0 Å². The molecule has 3 nitrogen and oxygen atoms in total. The molecule has 0 aliphatic heterocycles. The fourth-order valence-corrected chi connectivity index (χ4v) is 2.68. The van der Waals surface area contributed by atoms with Gasteiger partial charge in [0.15, 0.2) is 0 Å². The van der Waals surface area contributed by atoms with Gasteiger partial charge in [0.05, 0.1) is 16.1 Å². The third kappa shape index (κ3) is 3.75. The number of hydrogen-bond donors (Lipinski definition) is 1. The van der Waals surface area contributed by atoms with Gasteiger partial charge in [-0.3, -0.25) is 0 Å². The smallest absolute Gasteiger partial charge is 0.143 e. The lowest BCUT2D eigenvalue weighted by Gasteiger charge is -2.11. The zero-order chi connectivity index (χ0) is 14.5. The standard InChI is InChI=1S/C15H15Br2NO2/c1-18-9-10-4-3-5-11(6-10)20-15-8-12(16)14(19-2)7-13(15)17/h3-8,18H,9H2,1-2H3. The lowest BCUT2D eigenvalue weighted by molar-refractivity contribution is 0.409. The van der Waals surface area contributed by atoms with Crippen molar-refractivity contribution in [3.8, 4) is 17.2 Å². The average Bonchev–Trinajstić information content (AvgIpc) is 2.43. The van der Waals surface area contributed by atoms with Crippen LogP contribution in [0.25, 0.3) is 0 Å². The van der Waals surface area contributed by atoms with Crippen LogP contribution in [-0.4, -0.2) is 14.2 Å². The van der Waals surface area contributed by atoms with E-state index in [0.717, 1.165) is 32.7 Å². The first-order chi connectivity index (χ1) is 9.63. The second-order valence-corrected chi connectivity index (χ2v) is 5.91. The van der Waals surface area contributed by atoms with Crippen molar-refractivity contribution in [1.29, 1.82) is 0 Å². The summed E-state index contributed by atoms with van der Waals surface area (Å²) >= 11 is 6.95. The molecule has 0 atom stereocenters. The predicted octanol–water partition coefficient (Wildman–Crippen LogP) is 4.73. The van der Waals surface area contributed by atoms with Crippen LogP contribution in [0.4, 0.5) is 0 Å². The molecule has 0 amide bonds. The molecule has 5 heteroatoms. The Balaban J connectivity index is 2.25. The Kier molecular flexibility index (Phi) is 5.46. The van der Waals surface area contributed by atoms with Crippen molar-refractivity contribution in [2.75, 3.05) is 14.2 Å². The molecule has 0 heterocycles. The third-order valence-corrected chi connectivity index (χ3v) is 3.95. The van der Waals surface area contributed by atoms with E-state index < -0.39 is 0 Å². The van der Waals surface area contributed by atoms with Crippen LogP contribution in [0.15, 0.2) is 45.3 Å². The SMILES string of the molecule is CNCc1cccc(Oc2cc(Br)c(OC)cc2Br)c1. The highest BCUT2D eigenvalue weighted by Crippen LogP contribution is 2.38. The van der Waals surface area contributed by atoms with Gasteiger partial charge in [0.1, 0.15) is 17.2 Å². The summed E-state index contributed by atoms with van der Waals surface area (Å²) in [5.74, 6) is 2.29. The van der Waals surface area contributed by atoms with E-state index in [4.69, 9.17) is 9.47 Å². The van der Waals surface area contributed by atoms with Gasteiger partial charge in [0.2, 0.25) is 0 Å². The van der Waals surface area contributed by atoms with Crippen molar-refractivity contribution in [2.45, 2.75) is 6.54 Å². The summed E-state index contributed by atoms with van der Waals surface area (Å²) in [7, 11) is 3.55. The van der Waals surface area contributed by atoms with Crippen LogP contribution in [0.1, 0.15) is 5.56 Å². The Morgan fingerprint density at radius 2 is 1.75 bits per heavy atom. The largest absolute Gasteiger partial charge is 0.496 e. The molecule has 0 saturated heterocycles. The summed E-state index contributed by atoms with van der Waals surface area (Å²) in [5.41, 5.74) is 1.17. The normalized spacial score (nSPS) is 10.4.